The fourth-order valence-corrected chi connectivity index (χ4v) is 4.23. The normalized spacial score (nSPS) is 21.4. The molecule has 2 aliphatic rings. The number of aliphatic hydroxyl groups is 1. The van der Waals surface area contributed by atoms with Gasteiger partial charge in [0.05, 0.1) is 6.20 Å². The summed E-state index contributed by atoms with van der Waals surface area (Å²) >= 11 is 0. The van der Waals surface area contributed by atoms with E-state index in [0.29, 0.717) is 29.6 Å². The lowest BCUT2D eigenvalue weighted by atomic mass is 10.0. The van der Waals surface area contributed by atoms with Crippen molar-refractivity contribution in [2.75, 3.05) is 32.8 Å². The topological polar surface area (TPSA) is 74.0 Å². The largest absolute Gasteiger partial charge is 0.396 e. The smallest absolute Gasteiger partial charge is 0.259 e. The molecule has 2 fully saturated rings. The van der Waals surface area contributed by atoms with Gasteiger partial charge in [-0.05, 0) is 43.1 Å². The minimum absolute atomic E-state index is 0.0244. The zero-order chi connectivity index (χ0) is 19.7. The van der Waals surface area contributed by atoms with Crippen molar-refractivity contribution < 1.29 is 9.90 Å². The first-order valence-electron chi connectivity index (χ1n) is 10.5. The SMILES string of the molecule is CC(C)C1CN(C(=O)c2cnn3cc(CCO)cnc23)CCCN1CC1CC1. The number of nitrogens with zero attached hydrogens (tertiary/aromatic N) is 5. The highest BCUT2D eigenvalue weighted by molar-refractivity contribution is 5.99. The Morgan fingerprint density at radius 2 is 2.11 bits per heavy atom. The Bertz CT molecular complexity index is 829. The summed E-state index contributed by atoms with van der Waals surface area (Å²) in [6.45, 7) is 8.39. The second-order valence-electron chi connectivity index (χ2n) is 8.62. The Labute approximate surface area is 166 Å². The molecule has 28 heavy (non-hydrogen) atoms. The first-order valence-corrected chi connectivity index (χ1v) is 10.5. The monoisotopic (exact) mass is 385 g/mol. The number of fused-ring (bicyclic) bond motifs is 1. The molecule has 0 spiro atoms. The van der Waals surface area contributed by atoms with E-state index in [-0.39, 0.29) is 12.5 Å². The number of rotatable bonds is 6. The van der Waals surface area contributed by atoms with Gasteiger partial charge in [0.15, 0.2) is 5.65 Å². The van der Waals surface area contributed by atoms with E-state index in [1.807, 2.05) is 11.1 Å². The first-order chi connectivity index (χ1) is 13.6. The van der Waals surface area contributed by atoms with E-state index >= 15 is 0 Å². The number of aromatic nitrogens is 3. The molecule has 0 bridgehead atoms. The molecule has 1 saturated heterocycles. The summed E-state index contributed by atoms with van der Waals surface area (Å²) in [5.74, 6) is 1.40. The van der Waals surface area contributed by atoms with Crippen LogP contribution in [0.15, 0.2) is 18.6 Å². The van der Waals surface area contributed by atoms with Gasteiger partial charge in [-0.25, -0.2) is 9.50 Å². The molecule has 7 nitrogen and oxygen atoms in total. The molecule has 1 aliphatic heterocycles. The van der Waals surface area contributed by atoms with Gasteiger partial charge < -0.3 is 10.0 Å². The maximum Gasteiger partial charge on any atom is 0.259 e. The average molecular weight is 386 g/mol. The highest BCUT2D eigenvalue weighted by atomic mass is 16.3. The molecule has 2 aromatic heterocycles. The molecule has 1 amide bonds. The summed E-state index contributed by atoms with van der Waals surface area (Å²) in [5, 5.41) is 13.4. The third kappa shape index (κ3) is 4.05. The molecule has 1 unspecified atom stereocenters. The molecule has 0 aromatic carbocycles. The molecule has 4 rings (SSSR count). The summed E-state index contributed by atoms with van der Waals surface area (Å²) in [6.07, 6.45) is 9.45. The predicted octanol–water partition coefficient (Wildman–Crippen LogP) is 1.85. The summed E-state index contributed by atoms with van der Waals surface area (Å²) in [6, 6.07) is 0.401. The molecular weight excluding hydrogens is 354 g/mol. The molecule has 1 N–H and O–H groups in total. The number of hydrogen-bond acceptors (Lipinski definition) is 5. The minimum atomic E-state index is 0.0244. The number of hydrogen-bond donors (Lipinski definition) is 1. The van der Waals surface area contributed by atoms with Crippen LogP contribution in [0.1, 0.15) is 49.0 Å². The Hall–Kier alpha value is -1.99. The van der Waals surface area contributed by atoms with Crippen molar-refractivity contribution >= 4 is 11.6 Å². The quantitative estimate of drug-likeness (QED) is 0.821. The van der Waals surface area contributed by atoms with Gasteiger partial charge in [0, 0.05) is 51.2 Å². The lowest BCUT2D eigenvalue weighted by molar-refractivity contribution is 0.0706. The Balaban J connectivity index is 1.54. The molecule has 7 heteroatoms. The van der Waals surface area contributed by atoms with Gasteiger partial charge >= 0.3 is 0 Å². The van der Waals surface area contributed by atoms with Gasteiger partial charge in [-0.3, -0.25) is 9.69 Å². The van der Waals surface area contributed by atoms with Gasteiger partial charge in [0.2, 0.25) is 0 Å². The van der Waals surface area contributed by atoms with Crippen LogP contribution in [-0.2, 0) is 6.42 Å². The maximum absolute atomic E-state index is 13.3. The van der Waals surface area contributed by atoms with E-state index in [9.17, 15) is 4.79 Å². The summed E-state index contributed by atoms with van der Waals surface area (Å²) in [4.78, 5) is 22.4. The van der Waals surface area contributed by atoms with Crippen LogP contribution in [0.3, 0.4) is 0 Å². The van der Waals surface area contributed by atoms with E-state index < -0.39 is 0 Å². The van der Waals surface area contributed by atoms with Gasteiger partial charge in [-0.2, -0.15) is 5.10 Å². The molecule has 0 radical (unpaired) electrons. The van der Waals surface area contributed by atoms with Crippen LogP contribution >= 0.6 is 0 Å². The van der Waals surface area contributed by atoms with Crippen LogP contribution in [0, 0.1) is 11.8 Å². The third-order valence-corrected chi connectivity index (χ3v) is 6.04. The summed E-state index contributed by atoms with van der Waals surface area (Å²) < 4.78 is 1.65. The van der Waals surface area contributed by atoms with Crippen molar-refractivity contribution in [2.45, 2.75) is 45.6 Å². The van der Waals surface area contributed by atoms with Crippen LogP contribution in [0.5, 0.6) is 0 Å². The van der Waals surface area contributed by atoms with Gasteiger partial charge in [-0.15, -0.1) is 0 Å². The third-order valence-electron chi connectivity index (χ3n) is 6.04. The van der Waals surface area contributed by atoms with Gasteiger partial charge in [0.1, 0.15) is 5.56 Å². The zero-order valence-corrected chi connectivity index (χ0v) is 16.9. The molecule has 152 valence electrons. The molecule has 1 atom stereocenters. The summed E-state index contributed by atoms with van der Waals surface area (Å²) in [7, 11) is 0. The van der Waals surface area contributed by atoms with Crippen molar-refractivity contribution in [3.63, 3.8) is 0 Å². The molecule has 1 saturated carbocycles. The van der Waals surface area contributed by atoms with E-state index in [1.54, 1.807) is 16.9 Å². The highest BCUT2D eigenvalue weighted by Crippen LogP contribution is 2.32. The lowest BCUT2D eigenvalue weighted by Gasteiger charge is -2.34. The van der Waals surface area contributed by atoms with Crippen LogP contribution < -0.4 is 0 Å². The fourth-order valence-electron chi connectivity index (χ4n) is 4.23. The molecule has 3 heterocycles. The summed E-state index contributed by atoms with van der Waals surface area (Å²) in [5.41, 5.74) is 2.06. The maximum atomic E-state index is 13.3. The Morgan fingerprint density at radius 3 is 2.82 bits per heavy atom. The second kappa shape index (κ2) is 8.17. The standard InChI is InChI=1S/C21H31N5O2/c1-15(2)19-14-25(8-3-7-24(19)12-16-4-5-16)21(28)18-11-23-26-13-17(6-9-27)10-22-20(18)26/h10-11,13,15-16,19,27H,3-9,12,14H2,1-2H3. The zero-order valence-electron chi connectivity index (χ0n) is 16.9. The molecule has 1 aliphatic carbocycles. The van der Waals surface area contributed by atoms with Gasteiger partial charge in [-0.1, -0.05) is 13.8 Å². The van der Waals surface area contributed by atoms with Crippen molar-refractivity contribution in [3.8, 4) is 0 Å². The highest BCUT2D eigenvalue weighted by Gasteiger charge is 2.34. The van der Waals surface area contributed by atoms with E-state index in [1.165, 1.54) is 19.4 Å². The van der Waals surface area contributed by atoms with Crippen LogP contribution in [-0.4, -0.2) is 74.2 Å². The number of carbonyl (C=O) groups is 1. The molecular formula is C21H31N5O2. The van der Waals surface area contributed by atoms with Crippen LogP contribution in [0.4, 0.5) is 0 Å². The lowest BCUT2D eigenvalue weighted by Crippen LogP contribution is -2.46. The van der Waals surface area contributed by atoms with E-state index in [2.05, 4.69) is 28.8 Å². The number of amides is 1. The minimum Gasteiger partial charge on any atom is -0.396 e. The Morgan fingerprint density at radius 1 is 1.29 bits per heavy atom. The van der Waals surface area contributed by atoms with Gasteiger partial charge in [0.25, 0.3) is 5.91 Å². The van der Waals surface area contributed by atoms with Crippen LogP contribution in [0.25, 0.3) is 5.65 Å². The molecule has 2 aromatic rings. The van der Waals surface area contributed by atoms with Crippen LogP contribution in [0.2, 0.25) is 0 Å². The van der Waals surface area contributed by atoms with Crippen molar-refractivity contribution in [3.05, 3.63) is 29.7 Å². The number of aliphatic hydroxyl groups excluding tert-OH is 1. The van der Waals surface area contributed by atoms with Crippen molar-refractivity contribution in [1.29, 1.82) is 0 Å². The van der Waals surface area contributed by atoms with Crippen molar-refractivity contribution in [2.24, 2.45) is 11.8 Å². The predicted molar refractivity (Wildman–Crippen MR) is 107 cm³/mol. The average Bonchev–Trinajstić information content (AvgIpc) is 3.43. The van der Waals surface area contributed by atoms with E-state index in [4.69, 9.17) is 5.11 Å². The fraction of sp³-hybridized carbons (Fsp3) is 0.667. The first kappa shape index (κ1) is 19.3. The second-order valence-corrected chi connectivity index (χ2v) is 8.62. The van der Waals surface area contributed by atoms with E-state index in [0.717, 1.165) is 37.5 Å². The number of carbonyl (C=O) groups excluding carboxylic acids is 1. The van der Waals surface area contributed by atoms with Crippen molar-refractivity contribution in [1.82, 2.24) is 24.4 Å². The Kier molecular flexibility index (Phi) is 5.64.